The van der Waals surface area contributed by atoms with E-state index >= 15 is 0 Å². The van der Waals surface area contributed by atoms with E-state index in [0.29, 0.717) is 29.6 Å². The average molecular weight is 489 g/mol. The zero-order valence-electron chi connectivity index (χ0n) is 24.0. The molecule has 3 rings (SSSR count). The molecule has 0 amide bonds. The van der Waals surface area contributed by atoms with Crippen molar-refractivity contribution in [3.8, 4) is 0 Å². The number of fused-ring (bicyclic) bond motifs is 3. The van der Waals surface area contributed by atoms with Gasteiger partial charge in [0.1, 0.15) is 0 Å². The molecule has 0 aliphatic heterocycles. The second kappa shape index (κ2) is 10.6. The van der Waals surface area contributed by atoms with Crippen LogP contribution < -0.4 is 0 Å². The van der Waals surface area contributed by atoms with E-state index in [4.69, 9.17) is 9.47 Å². The van der Waals surface area contributed by atoms with Gasteiger partial charge in [0.2, 0.25) is 0 Å². The van der Waals surface area contributed by atoms with Crippen molar-refractivity contribution in [3.63, 3.8) is 0 Å². The highest BCUT2D eigenvalue weighted by Crippen LogP contribution is 2.67. The largest absolute Gasteiger partial charge is 0.469 e. The molecular formula is C31H52O4. The van der Waals surface area contributed by atoms with Gasteiger partial charge < -0.3 is 9.47 Å². The molecule has 0 saturated heterocycles. The van der Waals surface area contributed by atoms with E-state index in [0.717, 1.165) is 36.2 Å². The van der Waals surface area contributed by atoms with Crippen LogP contribution in [0.25, 0.3) is 0 Å². The minimum absolute atomic E-state index is 0.184. The Morgan fingerprint density at radius 3 is 2.31 bits per heavy atom. The molecular weight excluding hydrogens is 436 g/mol. The summed E-state index contributed by atoms with van der Waals surface area (Å²) >= 11 is 0. The van der Waals surface area contributed by atoms with Gasteiger partial charge in [-0.1, -0.05) is 65.5 Å². The van der Waals surface area contributed by atoms with Crippen LogP contribution in [-0.2, 0) is 19.1 Å². The van der Waals surface area contributed by atoms with Gasteiger partial charge in [0.15, 0.2) is 0 Å². The van der Waals surface area contributed by atoms with Gasteiger partial charge in [-0.15, -0.1) is 0 Å². The van der Waals surface area contributed by atoms with Gasteiger partial charge in [0.05, 0.1) is 26.1 Å². The second-order valence-corrected chi connectivity index (χ2v) is 13.5. The molecule has 0 N–H and O–H groups in total. The molecule has 4 nitrogen and oxygen atoms in total. The van der Waals surface area contributed by atoms with E-state index in [2.05, 4.69) is 40.7 Å². The number of methoxy groups -OCH3 is 2. The van der Waals surface area contributed by atoms with Gasteiger partial charge in [-0.3, -0.25) is 9.59 Å². The minimum atomic E-state index is -0.758. The summed E-state index contributed by atoms with van der Waals surface area (Å²) in [6.07, 6.45) is 12.6. The van der Waals surface area contributed by atoms with Crippen molar-refractivity contribution in [2.24, 2.45) is 51.8 Å². The predicted molar refractivity (Wildman–Crippen MR) is 142 cm³/mol. The van der Waals surface area contributed by atoms with Crippen LogP contribution in [-0.4, -0.2) is 26.2 Å². The average Bonchev–Trinajstić information content (AvgIpc) is 3.15. The molecule has 0 unspecified atom stereocenters. The first kappa shape index (κ1) is 28.3. The van der Waals surface area contributed by atoms with E-state index in [9.17, 15) is 9.59 Å². The lowest BCUT2D eigenvalue weighted by Crippen LogP contribution is -2.52. The zero-order valence-corrected chi connectivity index (χ0v) is 24.0. The van der Waals surface area contributed by atoms with Crippen molar-refractivity contribution >= 4 is 11.9 Å². The Hall–Kier alpha value is -1.32. The first-order valence-electron chi connectivity index (χ1n) is 14.2. The van der Waals surface area contributed by atoms with Gasteiger partial charge in [-0.05, 0) is 86.9 Å². The summed E-state index contributed by atoms with van der Waals surface area (Å²) in [7, 11) is 2.93. The normalized spacial score (nSPS) is 35.7. The second-order valence-electron chi connectivity index (χ2n) is 13.5. The lowest BCUT2D eigenvalue weighted by atomic mass is 9.46. The third-order valence-electron chi connectivity index (χ3n) is 10.8. The standard InChI is InChI=1S/C31H52O4/c1-20(2)11-10-12-21(3)23-14-15-24-22-13-16-26(29(4,5)28(33)35-9)31(7,19-27(32)34-8)25(22)17-18-30(23,24)6/h16,20-25H,10-15,17-19H2,1-9H3/t21-,22+,23+,24-,25+,30+,31-/m0/s1. The molecule has 3 aliphatic rings. The molecule has 2 fully saturated rings. The number of carbonyl (C=O) groups excluding carboxylic acids is 2. The van der Waals surface area contributed by atoms with E-state index < -0.39 is 10.8 Å². The van der Waals surface area contributed by atoms with Crippen molar-refractivity contribution in [1.29, 1.82) is 0 Å². The number of carbonyl (C=O) groups is 2. The lowest BCUT2D eigenvalue weighted by molar-refractivity contribution is -0.153. The van der Waals surface area contributed by atoms with Gasteiger partial charge in [0.25, 0.3) is 0 Å². The summed E-state index contributed by atoms with van der Waals surface area (Å²) in [5.74, 6) is 3.58. The van der Waals surface area contributed by atoms with Crippen LogP contribution in [0, 0.1) is 51.8 Å². The number of hydrogen-bond acceptors (Lipinski definition) is 4. The van der Waals surface area contributed by atoms with Gasteiger partial charge in [-0.25, -0.2) is 0 Å². The highest BCUT2D eigenvalue weighted by molar-refractivity contribution is 5.81. The fourth-order valence-corrected chi connectivity index (χ4v) is 9.05. The van der Waals surface area contributed by atoms with Crippen LogP contribution in [0.1, 0.15) is 106 Å². The van der Waals surface area contributed by atoms with Crippen molar-refractivity contribution in [3.05, 3.63) is 11.6 Å². The number of hydrogen-bond donors (Lipinski definition) is 0. The molecule has 0 spiro atoms. The summed E-state index contributed by atoms with van der Waals surface area (Å²) in [5.41, 5.74) is 0.305. The molecule has 0 radical (unpaired) electrons. The lowest BCUT2D eigenvalue weighted by Gasteiger charge is -2.58. The number of rotatable bonds is 9. The van der Waals surface area contributed by atoms with Crippen molar-refractivity contribution in [2.75, 3.05) is 14.2 Å². The van der Waals surface area contributed by atoms with Gasteiger partial charge in [-0.2, -0.15) is 0 Å². The molecule has 0 aromatic rings. The topological polar surface area (TPSA) is 52.6 Å². The highest BCUT2D eigenvalue weighted by atomic mass is 16.5. The minimum Gasteiger partial charge on any atom is -0.469 e. The van der Waals surface area contributed by atoms with Gasteiger partial charge in [0, 0.05) is 5.41 Å². The molecule has 3 aliphatic carbocycles. The predicted octanol–water partition coefficient (Wildman–Crippen LogP) is 7.61. The van der Waals surface area contributed by atoms with Crippen LogP contribution in [0.4, 0.5) is 0 Å². The number of allylic oxidation sites excluding steroid dienone is 1. The van der Waals surface area contributed by atoms with Crippen LogP contribution in [0.2, 0.25) is 0 Å². The molecule has 35 heavy (non-hydrogen) atoms. The fraction of sp³-hybridized carbons (Fsp3) is 0.871. The Kier molecular flexibility index (Phi) is 8.54. The molecule has 0 heterocycles. The fourth-order valence-electron chi connectivity index (χ4n) is 9.05. The quantitative estimate of drug-likeness (QED) is 0.248. The molecule has 4 heteroatoms. The summed E-state index contributed by atoms with van der Waals surface area (Å²) < 4.78 is 10.4. The third kappa shape index (κ3) is 5.10. The van der Waals surface area contributed by atoms with E-state index in [1.165, 1.54) is 52.7 Å². The first-order chi connectivity index (χ1) is 16.3. The molecule has 0 aromatic heterocycles. The SMILES string of the molecule is COC(=O)C[C@]1(C)C(C(C)(C)C(=O)OC)=CC[C@H]2[C@H]1CC[C@]1(C)[C@@H]([C@@H](C)CCCC(C)C)CC[C@@H]21. The maximum atomic E-state index is 12.8. The molecule has 200 valence electrons. The number of esters is 2. The van der Waals surface area contributed by atoms with Crippen LogP contribution >= 0.6 is 0 Å². The van der Waals surface area contributed by atoms with Gasteiger partial charge >= 0.3 is 11.9 Å². The maximum absolute atomic E-state index is 12.8. The summed E-state index contributed by atoms with van der Waals surface area (Å²) in [6.45, 7) is 15.9. The maximum Gasteiger partial charge on any atom is 0.315 e. The smallest absolute Gasteiger partial charge is 0.315 e. The van der Waals surface area contributed by atoms with Crippen molar-refractivity contribution in [1.82, 2.24) is 0 Å². The zero-order chi connectivity index (χ0) is 26.2. The molecule has 7 atom stereocenters. The first-order valence-corrected chi connectivity index (χ1v) is 14.2. The van der Waals surface area contributed by atoms with Crippen molar-refractivity contribution in [2.45, 2.75) is 106 Å². The van der Waals surface area contributed by atoms with Crippen LogP contribution in [0.5, 0.6) is 0 Å². The van der Waals surface area contributed by atoms with Crippen LogP contribution in [0.15, 0.2) is 11.6 Å². The van der Waals surface area contributed by atoms with E-state index in [1.807, 2.05) is 13.8 Å². The Bertz CT molecular complexity index is 811. The Labute approximate surface area is 215 Å². The Morgan fingerprint density at radius 2 is 1.71 bits per heavy atom. The molecule has 0 bridgehead atoms. The van der Waals surface area contributed by atoms with Crippen molar-refractivity contribution < 1.29 is 19.1 Å². The van der Waals surface area contributed by atoms with Crippen LogP contribution in [0.3, 0.4) is 0 Å². The molecule has 0 aromatic carbocycles. The highest BCUT2D eigenvalue weighted by Gasteiger charge is 2.60. The third-order valence-corrected chi connectivity index (χ3v) is 10.8. The monoisotopic (exact) mass is 488 g/mol. The Morgan fingerprint density at radius 1 is 1.03 bits per heavy atom. The summed E-state index contributed by atoms with van der Waals surface area (Å²) in [6, 6.07) is 0. The van der Waals surface area contributed by atoms with E-state index in [1.54, 1.807) is 0 Å². The molecule has 2 saturated carbocycles. The Balaban J connectivity index is 1.91. The van der Waals surface area contributed by atoms with E-state index in [-0.39, 0.29) is 11.9 Å². The summed E-state index contributed by atoms with van der Waals surface area (Å²) in [5, 5.41) is 0. The number of ether oxygens (including phenoxy) is 2. The summed E-state index contributed by atoms with van der Waals surface area (Å²) in [4.78, 5) is 25.5.